The molecule has 0 N–H and O–H groups in total. The fourth-order valence-electron chi connectivity index (χ4n) is 7.47. The molecular formula is C48H31NOS. The lowest BCUT2D eigenvalue weighted by atomic mass is 9.91. The van der Waals surface area contributed by atoms with Crippen molar-refractivity contribution in [3.63, 3.8) is 0 Å². The van der Waals surface area contributed by atoms with Crippen LogP contribution >= 0.6 is 11.3 Å². The van der Waals surface area contributed by atoms with E-state index >= 15 is 0 Å². The number of benzene rings is 8. The van der Waals surface area contributed by atoms with E-state index in [1.807, 2.05) is 17.4 Å². The maximum atomic E-state index is 6.61. The van der Waals surface area contributed by atoms with Gasteiger partial charge in [-0.1, -0.05) is 140 Å². The number of hydrogen-bond donors (Lipinski definition) is 0. The summed E-state index contributed by atoms with van der Waals surface area (Å²) in [6, 6.07) is 67.3. The predicted molar refractivity (Wildman–Crippen MR) is 218 cm³/mol. The van der Waals surface area contributed by atoms with Crippen molar-refractivity contribution < 1.29 is 4.42 Å². The van der Waals surface area contributed by atoms with Gasteiger partial charge in [0.2, 0.25) is 0 Å². The average molecular weight is 670 g/mol. The highest BCUT2D eigenvalue weighted by molar-refractivity contribution is 7.26. The Hall–Kier alpha value is -6.42. The summed E-state index contributed by atoms with van der Waals surface area (Å²) < 4.78 is 9.07. The third kappa shape index (κ3) is 5.01. The van der Waals surface area contributed by atoms with Gasteiger partial charge in [0.05, 0.1) is 10.4 Å². The molecule has 0 aliphatic heterocycles. The molecule has 2 aromatic heterocycles. The number of rotatable bonds is 6. The van der Waals surface area contributed by atoms with Crippen molar-refractivity contribution >= 4 is 70.5 Å². The van der Waals surface area contributed by atoms with Crippen LogP contribution in [0.4, 0.5) is 17.1 Å². The molecule has 0 saturated carbocycles. The van der Waals surface area contributed by atoms with Gasteiger partial charge in [-0.3, -0.25) is 0 Å². The Balaban J connectivity index is 1.15. The molecule has 0 aliphatic rings. The molecule has 0 radical (unpaired) electrons. The van der Waals surface area contributed by atoms with Crippen LogP contribution in [0.5, 0.6) is 0 Å². The molecule has 10 rings (SSSR count). The van der Waals surface area contributed by atoms with Crippen LogP contribution in [0.15, 0.2) is 192 Å². The Bertz CT molecular complexity index is 2840. The number of fused-ring (bicyclic) bond motifs is 7. The summed E-state index contributed by atoms with van der Waals surface area (Å²) >= 11 is 1.83. The highest BCUT2D eigenvalue weighted by atomic mass is 32.1. The molecule has 0 atom stereocenters. The quantitative estimate of drug-likeness (QED) is 0.175. The van der Waals surface area contributed by atoms with Crippen LogP contribution in [0.25, 0.3) is 75.5 Å². The van der Waals surface area contributed by atoms with Crippen LogP contribution in [0, 0.1) is 0 Å². The summed E-state index contributed by atoms with van der Waals surface area (Å²) in [7, 11) is 0. The second kappa shape index (κ2) is 12.2. The van der Waals surface area contributed by atoms with E-state index < -0.39 is 0 Å². The number of nitrogens with zero attached hydrogens (tertiary/aromatic N) is 1. The van der Waals surface area contributed by atoms with Crippen molar-refractivity contribution in [3.8, 4) is 33.4 Å². The van der Waals surface area contributed by atoms with E-state index in [2.05, 4.69) is 187 Å². The normalized spacial score (nSPS) is 11.5. The Morgan fingerprint density at radius 1 is 0.412 bits per heavy atom. The molecule has 0 unspecified atom stereocenters. The molecule has 8 aromatic carbocycles. The highest BCUT2D eigenvalue weighted by Gasteiger charge is 2.23. The van der Waals surface area contributed by atoms with Gasteiger partial charge in [0.1, 0.15) is 11.2 Å². The highest BCUT2D eigenvalue weighted by Crippen LogP contribution is 2.50. The molecule has 2 heterocycles. The molecule has 0 fully saturated rings. The van der Waals surface area contributed by atoms with Gasteiger partial charge in [0.15, 0.2) is 0 Å². The second-order valence-corrected chi connectivity index (χ2v) is 13.9. The molecule has 240 valence electrons. The van der Waals surface area contributed by atoms with Gasteiger partial charge in [-0.25, -0.2) is 0 Å². The Kier molecular flexibility index (Phi) is 7.04. The van der Waals surface area contributed by atoms with E-state index in [-0.39, 0.29) is 0 Å². The van der Waals surface area contributed by atoms with Crippen LogP contribution in [0.1, 0.15) is 0 Å². The van der Waals surface area contributed by atoms with Crippen LogP contribution < -0.4 is 4.90 Å². The maximum absolute atomic E-state index is 6.61. The Morgan fingerprint density at radius 2 is 1.00 bits per heavy atom. The second-order valence-electron chi connectivity index (χ2n) is 12.9. The third-order valence-corrected chi connectivity index (χ3v) is 11.1. The SMILES string of the molecule is c1ccc(-c2ccc(-c3ccc(N(c4ccccc4)c4cc5c6ccccc6oc5c5c4sc4ccccc45)cc3)cc2-c2ccccc2)cc1. The first-order valence-electron chi connectivity index (χ1n) is 17.3. The van der Waals surface area contributed by atoms with Crippen molar-refractivity contribution in [2.45, 2.75) is 0 Å². The van der Waals surface area contributed by atoms with E-state index in [0.29, 0.717) is 0 Å². The predicted octanol–water partition coefficient (Wildman–Crippen LogP) is 14.4. The van der Waals surface area contributed by atoms with Crippen LogP contribution in [0.3, 0.4) is 0 Å². The minimum Gasteiger partial charge on any atom is -0.455 e. The van der Waals surface area contributed by atoms with Gasteiger partial charge in [-0.05, 0) is 81.9 Å². The van der Waals surface area contributed by atoms with Crippen LogP contribution in [-0.2, 0) is 0 Å². The van der Waals surface area contributed by atoms with E-state index in [1.54, 1.807) is 0 Å². The molecule has 0 bridgehead atoms. The first kappa shape index (κ1) is 29.5. The molecule has 0 amide bonds. The average Bonchev–Trinajstić information content (AvgIpc) is 3.78. The van der Waals surface area contributed by atoms with Crippen molar-refractivity contribution in [1.29, 1.82) is 0 Å². The van der Waals surface area contributed by atoms with Crippen LogP contribution in [0.2, 0.25) is 0 Å². The molecule has 3 heteroatoms. The van der Waals surface area contributed by atoms with Gasteiger partial charge < -0.3 is 9.32 Å². The van der Waals surface area contributed by atoms with Crippen molar-refractivity contribution in [2.24, 2.45) is 0 Å². The summed E-state index contributed by atoms with van der Waals surface area (Å²) in [6.45, 7) is 0. The minimum atomic E-state index is 0.907. The number of anilines is 3. The van der Waals surface area contributed by atoms with Crippen molar-refractivity contribution in [2.75, 3.05) is 4.90 Å². The summed E-state index contributed by atoms with van der Waals surface area (Å²) in [5.74, 6) is 0. The lowest BCUT2D eigenvalue weighted by Crippen LogP contribution is -2.10. The number of furan rings is 1. The first-order chi connectivity index (χ1) is 25.3. The molecule has 0 aliphatic carbocycles. The molecule has 0 spiro atoms. The van der Waals surface area contributed by atoms with E-state index in [1.165, 1.54) is 53.6 Å². The fraction of sp³-hybridized carbons (Fsp3) is 0. The number of hydrogen-bond acceptors (Lipinski definition) is 3. The summed E-state index contributed by atoms with van der Waals surface area (Å²) in [5.41, 5.74) is 12.4. The zero-order chi connectivity index (χ0) is 33.7. The van der Waals surface area contributed by atoms with Gasteiger partial charge >= 0.3 is 0 Å². The largest absolute Gasteiger partial charge is 0.455 e. The summed E-state index contributed by atoms with van der Waals surface area (Å²) in [4.78, 5) is 2.40. The van der Waals surface area contributed by atoms with E-state index in [4.69, 9.17) is 4.42 Å². The standard InChI is InChI=1S/C48H31NOS/c1-4-14-33(15-5-1)38-29-26-35(30-41(38)34-16-6-2-7-17-34)32-24-27-37(28-25-32)49(36-18-8-3-9-19-36)43-31-42-39-20-10-12-22-44(39)50-47(42)46-40-21-11-13-23-45(40)51-48(43)46/h1-31H. The molecule has 0 saturated heterocycles. The van der Waals surface area contributed by atoms with Gasteiger partial charge in [0.25, 0.3) is 0 Å². The Labute approximate surface area is 300 Å². The molecular weight excluding hydrogens is 639 g/mol. The monoisotopic (exact) mass is 669 g/mol. The van der Waals surface area contributed by atoms with Gasteiger partial charge in [-0.2, -0.15) is 0 Å². The lowest BCUT2D eigenvalue weighted by Gasteiger charge is -2.26. The zero-order valence-corrected chi connectivity index (χ0v) is 28.5. The van der Waals surface area contributed by atoms with E-state index in [0.717, 1.165) is 39.0 Å². The topological polar surface area (TPSA) is 16.4 Å². The maximum Gasteiger partial charge on any atom is 0.144 e. The summed E-state index contributed by atoms with van der Waals surface area (Å²) in [6.07, 6.45) is 0. The molecule has 2 nitrogen and oxygen atoms in total. The third-order valence-electron chi connectivity index (χ3n) is 9.87. The first-order valence-corrected chi connectivity index (χ1v) is 18.1. The van der Waals surface area contributed by atoms with Gasteiger partial charge in [0, 0.05) is 37.6 Å². The molecule has 51 heavy (non-hydrogen) atoms. The minimum absolute atomic E-state index is 0.907. The fourth-order valence-corrected chi connectivity index (χ4v) is 8.68. The number of thiophene rings is 1. The Morgan fingerprint density at radius 3 is 1.75 bits per heavy atom. The molecule has 10 aromatic rings. The van der Waals surface area contributed by atoms with Gasteiger partial charge in [-0.15, -0.1) is 11.3 Å². The zero-order valence-electron chi connectivity index (χ0n) is 27.7. The van der Waals surface area contributed by atoms with Crippen LogP contribution in [-0.4, -0.2) is 0 Å². The smallest absolute Gasteiger partial charge is 0.144 e. The van der Waals surface area contributed by atoms with E-state index in [9.17, 15) is 0 Å². The van der Waals surface area contributed by atoms with Crippen molar-refractivity contribution in [1.82, 2.24) is 0 Å². The number of para-hydroxylation sites is 2. The lowest BCUT2D eigenvalue weighted by molar-refractivity contribution is 0.673. The summed E-state index contributed by atoms with van der Waals surface area (Å²) in [5, 5.41) is 4.65. The van der Waals surface area contributed by atoms with Crippen molar-refractivity contribution in [3.05, 3.63) is 188 Å².